The third kappa shape index (κ3) is 2.32. The van der Waals surface area contributed by atoms with E-state index in [0.29, 0.717) is 12.2 Å². The molecule has 0 saturated carbocycles. The maximum absolute atomic E-state index is 11.6. The van der Waals surface area contributed by atoms with E-state index in [-0.39, 0.29) is 6.54 Å². The van der Waals surface area contributed by atoms with Crippen molar-refractivity contribution in [1.29, 1.82) is 0 Å². The summed E-state index contributed by atoms with van der Waals surface area (Å²) in [5.74, 6) is 0.498. The van der Waals surface area contributed by atoms with E-state index in [0.717, 1.165) is 15.3 Å². The Morgan fingerprint density at radius 2 is 2.12 bits per heavy atom. The molecule has 0 saturated heterocycles. The molecule has 1 rings (SSSR count). The quantitative estimate of drug-likeness (QED) is 0.451. The summed E-state index contributed by atoms with van der Waals surface area (Å²) in [4.78, 5) is 32.9. The highest BCUT2D eigenvalue weighted by atomic mass is 32.1. The molecule has 0 amide bonds. The van der Waals surface area contributed by atoms with Gasteiger partial charge in [0, 0.05) is 13.6 Å². The van der Waals surface area contributed by atoms with Gasteiger partial charge in [0.2, 0.25) is 0 Å². The summed E-state index contributed by atoms with van der Waals surface area (Å²) in [6, 6.07) is 0. The molecular weight excluding hydrogens is 234 g/mol. The molecule has 0 unspecified atom stereocenters. The fourth-order valence-electron chi connectivity index (χ4n) is 1.26. The van der Waals surface area contributed by atoms with E-state index in [4.69, 9.17) is 0 Å². The van der Waals surface area contributed by atoms with Crippen LogP contribution in [0.1, 0.15) is 6.42 Å². The van der Waals surface area contributed by atoms with Crippen molar-refractivity contribution < 1.29 is 4.92 Å². The number of hydrogen-bond donors (Lipinski definition) is 1. The van der Waals surface area contributed by atoms with E-state index >= 15 is 0 Å². The van der Waals surface area contributed by atoms with Gasteiger partial charge in [0.1, 0.15) is 0 Å². The van der Waals surface area contributed by atoms with Crippen molar-refractivity contribution >= 4 is 18.3 Å². The summed E-state index contributed by atoms with van der Waals surface area (Å²) in [7, 11) is 1.37. The van der Waals surface area contributed by atoms with Gasteiger partial charge < -0.3 is 0 Å². The molecule has 16 heavy (non-hydrogen) atoms. The molecule has 1 aromatic rings. The number of rotatable bonds is 4. The molecule has 0 fully saturated rings. The molecule has 0 bridgehead atoms. The molecule has 0 aliphatic carbocycles. The molecule has 7 nitrogen and oxygen atoms in total. The van der Waals surface area contributed by atoms with Crippen molar-refractivity contribution in [2.45, 2.75) is 13.0 Å². The Bertz CT molecular complexity index is 519. The Morgan fingerprint density at radius 1 is 1.50 bits per heavy atom. The predicted molar refractivity (Wildman–Crippen MR) is 61.1 cm³/mol. The minimum Gasteiger partial charge on any atom is -0.297 e. The first kappa shape index (κ1) is 12.5. The average Bonchev–Trinajstić information content (AvgIpc) is 2.23. The molecule has 0 aromatic carbocycles. The Hall–Kier alpha value is -1.57. The first-order valence-corrected chi connectivity index (χ1v) is 5.18. The number of aromatic nitrogens is 2. The monoisotopic (exact) mass is 245 g/mol. The van der Waals surface area contributed by atoms with Gasteiger partial charge in [-0.2, -0.15) is 12.6 Å². The molecule has 88 valence electrons. The zero-order chi connectivity index (χ0) is 12.3. The molecule has 0 aliphatic heterocycles. The minimum atomic E-state index is -0.866. The van der Waals surface area contributed by atoms with E-state index in [9.17, 15) is 19.7 Å². The van der Waals surface area contributed by atoms with Gasteiger partial charge in [-0.15, -0.1) is 0 Å². The summed E-state index contributed by atoms with van der Waals surface area (Å²) in [6.07, 6.45) is 1.43. The van der Waals surface area contributed by atoms with Crippen molar-refractivity contribution in [3.63, 3.8) is 0 Å². The van der Waals surface area contributed by atoms with Gasteiger partial charge in [0.05, 0.1) is 11.1 Å². The minimum absolute atomic E-state index is 0.136. The SMILES string of the molecule is Cn1cc([N+](=O)[O-])c(=O)n(CCCS)c1=O. The number of aryl methyl sites for hydroxylation is 1. The van der Waals surface area contributed by atoms with Crippen LogP contribution in [-0.4, -0.2) is 19.8 Å². The maximum atomic E-state index is 11.6. The van der Waals surface area contributed by atoms with E-state index in [1.54, 1.807) is 0 Å². The summed E-state index contributed by atoms with van der Waals surface area (Å²) < 4.78 is 1.88. The Labute approximate surface area is 95.9 Å². The van der Waals surface area contributed by atoms with E-state index in [2.05, 4.69) is 12.6 Å². The topological polar surface area (TPSA) is 87.1 Å². The summed E-state index contributed by atoms with van der Waals surface area (Å²) >= 11 is 3.95. The van der Waals surface area contributed by atoms with Gasteiger partial charge in [-0.3, -0.25) is 24.0 Å². The number of nitrogens with zero attached hydrogens (tertiary/aromatic N) is 3. The van der Waals surface area contributed by atoms with Crippen molar-refractivity contribution in [1.82, 2.24) is 9.13 Å². The lowest BCUT2D eigenvalue weighted by Crippen LogP contribution is -2.39. The largest absolute Gasteiger partial charge is 0.350 e. The highest BCUT2D eigenvalue weighted by Gasteiger charge is 2.17. The van der Waals surface area contributed by atoms with Crippen LogP contribution in [-0.2, 0) is 13.6 Å². The lowest BCUT2D eigenvalue weighted by atomic mass is 10.4. The van der Waals surface area contributed by atoms with Crippen LogP contribution in [0.4, 0.5) is 5.69 Å². The van der Waals surface area contributed by atoms with E-state index in [1.165, 1.54) is 7.05 Å². The number of hydrogen-bond acceptors (Lipinski definition) is 5. The second kappa shape index (κ2) is 4.97. The Kier molecular flexibility index (Phi) is 3.88. The lowest BCUT2D eigenvalue weighted by molar-refractivity contribution is -0.387. The Balaban J connectivity index is 3.40. The second-order valence-electron chi connectivity index (χ2n) is 3.20. The highest BCUT2D eigenvalue weighted by molar-refractivity contribution is 7.80. The summed E-state index contributed by atoms with van der Waals surface area (Å²) in [5, 5.41) is 10.6. The molecule has 0 N–H and O–H groups in total. The van der Waals surface area contributed by atoms with Crippen LogP contribution in [0.15, 0.2) is 15.8 Å². The van der Waals surface area contributed by atoms with Crippen molar-refractivity contribution in [3.05, 3.63) is 37.1 Å². The predicted octanol–water partition coefficient (Wildman–Crippen LogP) is -0.225. The molecule has 1 aromatic heterocycles. The van der Waals surface area contributed by atoms with E-state index in [1.807, 2.05) is 0 Å². The number of nitro groups is 1. The van der Waals surface area contributed by atoms with Crippen molar-refractivity contribution in [3.8, 4) is 0 Å². The first-order chi connectivity index (χ1) is 7.49. The normalized spacial score (nSPS) is 10.4. The van der Waals surface area contributed by atoms with Gasteiger partial charge in [0.15, 0.2) is 0 Å². The third-order valence-electron chi connectivity index (χ3n) is 2.05. The molecular formula is C8H11N3O4S. The fourth-order valence-corrected chi connectivity index (χ4v) is 1.40. The van der Waals surface area contributed by atoms with Gasteiger partial charge in [-0.05, 0) is 12.2 Å². The van der Waals surface area contributed by atoms with Crippen LogP contribution in [0.3, 0.4) is 0 Å². The summed E-state index contributed by atoms with van der Waals surface area (Å²) in [5.41, 5.74) is -2.02. The summed E-state index contributed by atoms with van der Waals surface area (Å²) in [6.45, 7) is 0.136. The van der Waals surface area contributed by atoms with Crippen LogP contribution in [0, 0.1) is 10.1 Å². The lowest BCUT2D eigenvalue weighted by Gasteiger charge is -2.05. The first-order valence-electron chi connectivity index (χ1n) is 4.54. The maximum Gasteiger partial charge on any atom is 0.350 e. The van der Waals surface area contributed by atoms with Gasteiger partial charge >= 0.3 is 16.9 Å². The van der Waals surface area contributed by atoms with Crippen LogP contribution in [0.5, 0.6) is 0 Å². The van der Waals surface area contributed by atoms with Crippen LogP contribution in [0.2, 0.25) is 0 Å². The van der Waals surface area contributed by atoms with Crippen LogP contribution >= 0.6 is 12.6 Å². The van der Waals surface area contributed by atoms with Crippen molar-refractivity contribution in [2.75, 3.05) is 5.75 Å². The van der Waals surface area contributed by atoms with Crippen molar-refractivity contribution in [2.24, 2.45) is 7.05 Å². The molecule has 0 atom stereocenters. The van der Waals surface area contributed by atoms with Crippen LogP contribution < -0.4 is 11.2 Å². The van der Waals surface area contributed by atoms with Gasteiger partial charge in [-0.1, -0.05) is 0 Å². The Morgan fingerprint density at radius 3 is 2.62 bits per heavy atom. The number of thiol groups is 1. The average molecular weight is 245 g/mol. The van der Waals surface area contributed by atoms with Crippen LogP contribution in [0.25, 0.3) is 0 Å². The standard InChI is InChI=1S/C8H11N3O4S/c1-9-5-6(11(14)15)7(12)10(8(9)13)3-2-4-16/h5,16H,2-4H2,1H3. The fraction of sp³-hybridized carbons (Fsp3) is 0.500. The molecule has 1 heterocycles. The molecule has 8 heteroatoms. The molecule has 0 spiro atoms. The second-order valence-corrected chi connectivity index (χ2v) is 3.65. The third-order valence-corrected chi connectivity index (χ3v) is 2.37. The molecule has 0 radical (unpaired) electrons. The zero-order valence-corrected chi connectivity index (χ0v) is 9.51. The smallest absolute Gasteiger partial charge is 0.297 e. The highest BCUT2D eigenvalue weighted by Crippen LogP contribution is 1.99. The molecule has 0 aliphatic rings. The van der Waals surface area contributed by atoms with E-state index < -0.39 is 21.9 Å². The van der Waals surface area contributed by atoms with Gasteiger partial charge in [-0.25, -0.2) is 4.79 Å². The zero-order valence-electron chi connectivity index (χ0n) is 8.62. The van der Waals surface area contributed by atoms with Gasteiger partial charge in [0.25, 0.3) is 0 Å².